The molecule has 0 spiro atoms. The summed E-state index contributed by atoms with van der Waals surface area (Å²) in [7, 11) is 0. The summed E-state index contributed by atoms with van der Waals surface area (Å²) in [4.78, 5) is 11.7. The van der Waals surface area contributed by atoms with Crippen molar-refractivity contribution in [1.82, 2.24) is 10.2 Å². The van der Waals surface area contributed by atoms with Crippen LogP contribution in [0.4, 0.5) is 10.8 Å². The van der Waals surface area contributed by atoms with Crippen molar-refractivity contribution in [2.24, 2.45) is 0 Å². The molecule has 17 heavy (non-hydrogen) atoms. The van der Waals surface area contributed by atoms with E-state index in [0.717, 1.165) is 15.8 Å². The average molecular weight is 334 g/mol. The normalized spacial score (nSPS) is 10.2. The van der Waals surface area contributed by atoms with Gasteiger partial charge in [-0.05, 0) is 18.2 Å². The molecule has 2 aromatic rings. The maximum absolute atomic E-state index is 11.7. The average Bonchev–Trinajstić information content (AvgIpc) is 2.69. The minimum Gasteiger partial charge on any atom is -0.374 e. The van der Waals surface area contributed by atoms with Gasteiger partial charge in [-0.3, -0.25) is 4.79 Å². The zero-order valence-corrected chi connectivity index (χ0v) is 11.4. The molecule has 0 saturated carbocycles. The predicted molar refractivity (Wildman–Crippen MR) is 71.4 cm³/mol. The maximum atomic E-state index is 11.7. The van der Waals surface area contributed by atoms with Crippen LogP contribution in [0.15, 0.2) is 22.7 Å². The third-order valence-corrected chi connectivity index (χ3v) is 3.37. The van der Waals surface area contributed by atoms with Crippen LogP contribution in [0.2, 0.25) is 5.02 Å². The van der Waals surface area contributed by atoms with Gasteiger partial charge in [0, 0.05) is 4.47 Å². The van der Waals surface area contributed by atoms with Crippen LogP contribution in [0.3, 0.4) is 0 Å². The molecule has 5 nitrogen and oxygen atoms in total. The number of rotatable bonds is 2. The van der Waals surface area contributed by atoms with E-state index in [1.165, 1.54) is 0 Å². The number of carbonyl (C=O) groups is 1. The number of amides is 1. The van der Waals surface area contributed by atoms with Crippen LogP contribution in [0, 0.1) is 0 Å². The Labute approximate surface area is 114 Å². The molecule has 1 aromatic heterocycles. The van der Waals surface area contributed by atoms with Crippen molar-refractivity contribution in [3.05, 3.63) is 32.7 Å². The molecule has 0 radical (unpaired) electrons. The van der Waals surface area contributed by atoms with Crippen LogP contribution in [-0.2, 0) is 0 Å². The number of nitrogens with zero attached hydrogens (tertiary/aromatic N) is 2. The lowest BCUT2D eigenvalue weighted by Gasteiger charge is -2.05. The van der Waals surface area contributed by atoms with Crippen LogP contribution < -0.4 is 11.1 Å². The summed E-state index contributed by atoms with van der Waals surface area (Å²) in [5.41, 5.74) is 5.90. The largest absolute Gasteiger partial charge is 0.374 e. The van der Waals surface area contributed by atoms with Crippen LogP contribution in [0.1, 0.15) is 9.80 Å². The molecule has 1 amide bonds. The van der Waals surface area contributed by atoms with Gasteiger partial charge in [-0.15, -0.1) is 10.2 Å². The second-order valence-corrected chi connectivity index (χ2v) is 5.36. The Morgan fingerprint density at radius 3 is 2.82 bits per heavy atom. The first-order chi connectivity index (χ1) is 8.06. The lowest BCUT2D eigenvalue weighted by atomic mass is 10.3. The first kappa shape index (κ1) is 12.3. The van der Waals surface area contributed by atoms with Gasteiger partial charge in [0.2, 0.25) is 10.1 Å². The number of hydrogen-bond acceptors (Lipinski definition) is 5. The number of hydrogen-bond donors (Lipinski definition) is 2. The van der Waals surface area contributed by atoms with E-state index in [-0.39, 0.29) is 16.0 Å². The zero-order chi connectivity index (χ0) is 12.4. The Morgan fingerprint density at radius 1 is 1.47 bits per heavy atom. The summed E-state index contributed by atoms with van der Waals surface area (Å²) < 4.78 is 0.834. The van der Waals surface area contributed by atoms with Gasteiger partial charge in [0.05, 0.1) is 10.7 Å². The lowest BCUT2D eigenvalue weighted by Crippen LogP contribution is -2.11. The van der Waals surface area contributed by atoms with Crippen molar-refractivity contribution in [1.29, 1.82) is 0 Å². The predicted octanol–water partition coefficient (Wildman–Crippen LogP) is 2.79. The highest BCUT2D eigenvalue weighted by atomic mass is 79.9. The molecule has 88 valence electrons. The minimum absolute atomic E-state index is 0.196. The quantitative estimate of drug-likeness (QED) is 0.885. The van der Waals surface area contributed by atoms with Gasteiger partial charge in [0.25, 0.3) is 5.91 Å². The smallest absolute Gasteiger partial charge is 0.286 e. The molecule has 0 atom stereocenters. The highest BCUT2D eigenvalue weighted by molar-refractivity contribution is 9.10. The lowest BCUT2D eigenvalue weighted by molar-refractivity contribution is 0.102. The molecule has 3 N–H and O–H groups in total. The standard InChI is InChI=1S/C9H6BrClN4OS/c10-4-1-2-6(5(11)3-4)13-7(16)8-14-15-9(12)17-8/h1-3H,(H2,12,15)(H,13,16). The van der Waals surface area contributed by atoms with Gasteiger partial charge in [0.1, 0.15) is 0 Å². The number of halogens is 2. The molecule has 1 heterocycles. The van der Waals surface area contributed by atoms with Crippen LogP contribution in [0.25, 0.3) is 0 Å². The fraction of sp³-hybridized carbons (Fsp3) is 0. The van der Waals surface area contributed by atoms with Gasteiger partial charge < -0.3 is 11.1 Å². The molecule has 0 aliphatic carbocycles. The number of nitrogen functional groups attached to an aromatic ring is 1. The maximum Gasteiger partial charge on any atom is 0.286 e. The van der Waals surface area contributed by atoms with E-state index in [2.05, 4.69) is 31.4 Å². The van der Waals surface area contributed by atoms with Gasteiger partial charge in [-0.25, -0.2) is 0 Å². The number of carbonyl (C=O) groups excluding carboxylic acids is 1. The monoisotopic (exact) mass is 332 g/mol. The first-order valence-corrected chi connectivity index (χ1v) is 6.40. The second-order valence-electron chi connectivity index (χ2n) is 3.02. The number of benzene rings is 1. The molecule has 2 rings (SSSR count). The summed E-state index contributed by atoms with van der Waals surface area (Å²) >= 11 is 10.3. The number of anilines is 2. The highest BCUT2D eigenvalue weighted by Gasteiger charge is 2.13. The number of aromatic nitrogens is 2. The van der Waals surface area contributed by atoms with Gasteiger partial charge in [-0.2, -0.15) is 0 Å². The van der Waals surface area contributed by atoms with E-state index in [1.54, 1.807) is 18.2 Å². The molecule has 8 heteroatoms. The fourth-order valence-electron chi connectivity index (χ4n) is 1.09. The van der Waals surface area contributed by atoms with Gasteiger partial charge in [0.15, 0.2) is 0 Å². The summed E-state index contributed by atoms with van der Waals surface area (Å²) in [6.45, 7) is 0. The van der Waals surface area contributed by atoms with Crippen molar-refractivity contribution in [2.45, 2.75) is 0 Å². The molecule has 0 unspecified atom stereocenters. The molecule has 0 fully saturated rings. The van der Waals surface area contributed by atoms with Crippen molar-refractivity contribution < 1.29 is 4.79 Å². The molecule has 1 aromatic carbocycles. The fourth-order valence-corrected chi connectivity index (χ4v) is 2.32. The first-order valence-electron chi connectivity index (χ1n) is 4.41. The number of nitrogens with two attached hydrogens (primary N) is 1. The van der Waals surface area contributed by atoms with Crippen LogP contribution in [0.5, 0.6) is 0 Å². The van der Waals surface area contributed by atoms with E-state index in [1.807, 2.05) is 0 Å². The van der Waals surface area contributed by atoms with E-state index in [0.29, 0.717) is 10.7 Å². The summed E-state index contributed by atoms with van der Waals surface area (Å²) in [6.07, 6.45) is 0. The van der Waals surface area contributed by atoms with E-state index in [9.17, 15) is 4.79 Å². The van der Waals surface area contributed by atoms with Crippen LogP contribution >= 0.6 is 38.9 Å². The second kappa shape index (κ2) is 4.99. The van der Waals surface area contributed by atoms with Crippen molar-refractivity contribution in [2.75, 3.05) is 11.1 Å². The Kier molecular flexibility index (Phi) is 3.60. The molecule has 0 aliphatic heterocycles. The molecule has 0 aliphatic rings. The number of nitrogens with one attached hydrogen (secondary N) is 1. The molecular formula is C9H6BrClN4OS. The topological polar surface area (TPSA) is 80.9 Å². The minimum atomic E-state index is -0.386. The Balaban J connectivity index is 2.18. The van der Waals surface area contributed by atoms with Crippen LogP contribution in [-0.4, -0.2) is 16.1 Å². The van der Waals surface area contributed by atoms with Crippen molar-refractivity contribution in [3.8, 4) is 0 Å². The van der Waals surface area contributed by atoms with E-state index >= 15 is 0 Å². The Bertz CT molecular complexity index is 574. The SMILES string of the molecule is Nc1nnc(C(=O)Nc2ccc(Br)cc2Cl)s1. The Hall–Kier alpha value is -1.18. The molecule has 0 saturated heterocycles. The summed E-state index contributed by atoms with van der Waals surface area (Å²) in [5, 5.41) is 10.7. The zero-order valence-electron chi connectivity index (χ0n) is 8.28. The Morgan fingerprint density at radius 2 is 2.24 bits per heavy atom. The van der Waals surface area contributed by atoms with E-state index < -0.39 is 0 Å². The molecular weight excluding hydrogens is 328 g/mol. The highest BCUT2D eigenvalue weighted by Crippen LogP contribution is 2.26. The van der Waals surface area contributed by atoms with E-state index in [4.69, 9.17) is 17.3 Å². The summed E-state index contributed by atoms with van der Waals surface area (Å²) in [5.74, 6) is -0.386. The van der Waals surface area contributed by atoms with Gasteiger partial charge >= 0.3 is 0 Å². The third kappa shape index (κ3) is 2.93. The van der Waals surface area contributed by atoms with Crippen molar-refractivity contribution in [3.63, 3.8) is 0 Å². The molecule has 0 bridgehead atoms. The van der Waals surface area contributed by atoms with Crippen molar-refractivity contribution >= 4 is 55.6 Å². The summed E-state index contributed by atoms with van der Waals surface area (Å²) in [6, 6.07) is 5.15. The third-order valence-electron chi connectivity index (χ3n) is 1.81. The van der Waals surface area contributed by atoms with Gasteiger partial charge in [-0.1, -0.05) is 38.9 Å².